The van der Waals surface area contributed by atoms with Gasteiger partial charge in [-0.1, -0.05) is 29.5 Å². The molecule has 2 heterocycles. The second-order valence-electron chi connectivity index (χ2n) is 9.39. The molecule has 0 spiro atoms. The summed E-state index contributed by atoms with van der Waals surface area (Å²) in [5.74, 6) is -0.535. The van der Waals surface area contributed by atoms with Crippen molar-refractivity contribution in [3.8, 4) is 0 Å². The first-order chi connectivity index (χ1) is 19.1. The van der Waals surface area contributed by atoms with Crippen molar-refractivity contribution in [2.75, 3.05) is 30.3 Å². The molecule has 4 aromatic rings. The monoisotopic (exact) mass is 599 g/mol. The van der Waals surface area contributed by atoms with Gasteiger partial charge in [0.2, 0.25) is 0 Å². The number of benzene rings is 3. The average Bonchev–Trinajstić information content (AvgIpc) is 3.28. The highest BCUT2D eigenvalue weighted by atomic mass is 32.2. The third-order valence-corrected chi connectivity index (χ3v) is 10.7. The van der Waals surface area contributed by atoms with Crippen molar-refractivity contribution < 1.29 is 26.4 Å². The molecule has 1 aromatic heterocycles. The second-order valence-corrected chi connectivity index (χ2v) is 14.3. The summed E-state index contributed by atoms with van der Waals surface area (Å²) in [6.45, 7) is 3.63. The first kappa shape index (κ1) is 28.2. The first-order valence-corrected chi connectivity index (χ1v) is 17.0. The third kappa shape index (κ3) is 5.62. The Morgan fingerprint density at radius 1 is 1.00 bits per heavy atom. The number of aryl methyl sites for hydroxylation is 1. The summed E-state index contributed by atoms with van der Waals surface area (Å²) in [6, 6.07) is 18.1. The molecule has 1 aliphatic heterocycles. The summed E-state index contributed by atoms with van der Waals surface area (Å²) < 4.78 is 60.4. The number of nitrogens with zero attached hydrogens (tertiary/aromatic N) is 3. The lowest BCUT2D eigenvalue weighted by atomic mass is 10.0. The maximum atomic E-state index is 13.5. The number of para-hydroxylation sites is 1. The van der Waals surface area contributed by atoms with Gasteiger partial charge < -0.3 is 9.30 Å². The number of fused-ring (bicyclic) bond motifs is 2. The number of amides is 1. The van der Waals surface area contributed by atoms with Crippen LogP contribution in [0.3, 0.4) is 0 Å². The lowest BCUT2D eigenvalue weighted by Crippen LogP contribution is -2.35. The zero-order valence-electron chi connectivity index (χ0n) is 22.1. The van der Waals surface area contributed by atoms with Crippen molar-refractivity contribution in [2.45, 2.75) is 36.1 Å². The van der Waals surface area contributed by atoms with E-state index in [2.05, 4.69) is 4.99 Å². The van der Waals surface area contributed by atoms with Crippen LogP contribution in [0.15, 0.2) is 81.5 Å². The van der Waals surface area contributed by atoms with Crippen LogP contribution in [-0.2, 0) is 37.6 Å². The second kappa shape index (κ2) is 11.3. The minimum Gasteiger partial charge on any atom is -0.380 e. The topological polar surface area (TPSA) is 115 Å². The summed E-state index contributed by atoms with van der Waals surface area (Å²) in [4.78, 5) is 18.2. The van der Waals surface area contributed by atoms with Crippen LogP contribution in [-0.4, -0.2) is 53.3 Å². The molecule has 1 aliphatic rings. The molecule has 0 unspecified atom stereocenters. The molecule has 40 heavy (non-hydrogen) atoms. The average molecular weight is 600 g/mol. The fourth-order valence-corrected chi connectivity index (χ4v) is 8.04. The Balaban J connectivity index is 1.47. The van der Waals surface area contributed by atoms with Crippen molar-refractivity contribution in [3.63, 3.8) is 0 Å². The van der Waals surface area contributed by atoms with E-state index in [0.29, 0.717) is 41.5 Å². The number of ether oxygens (including phenoxy) is 1. The van der Waals surface area contributed by atoms with Crippen LogP contribution in [0.25, 0.3) is 10.2 Å². The molecule has 210 valence electrons. The fourth-order valence-electron chi connectivity index (χ4n) is 4.68. The quantitative estimate of drug-likeness (QED) is 0.283. The largest absolute Gasteiger partial charge is 0.380 e. The van der Waals surface area contributed by atoms with Gasteiger partial charge in [0.25, 0.3) is 15.9 Å². The first-order valence-electron chi connectivity index (χ1n) is 12.8. The van der Waals surface area contributed by atoms with E-state index >= 15 is 0 Å². The smallest absolute Gasteiger partial charge is 0.279 e. The Labute approximate surface area is 237 Å². The summed E-state index contributed by atoms with van der Waals surface area (Å²) >= 11 is 1.21. The van der Waals surface area contributed by atoms with Crippen molar-refractivity contribution in [1.82, 2.24) is 4.57 Å². The summed E-state index contributed by atoms with van der Waals surface area (Å²) in [5.41, 5.74) is 2.66. The third-order valence-electron chi connectivity index (χ3n) is 6.70. The number of hydrogen-bond acceptors (Lipinski definition) is 7. The molecule has 0 atom stereocenters. The molecule has 1 amide bonds. The molecule has 12 heteroatoms. The number of aromatic nitrogens is 1. The SMILES string of the molecule is CCOCCn1c(=NC(=O)c2ccc(S(=O)(=O)N3CCCc4ccccc43)cc2)sc2cc(S(C)(=O)=O)ccc21. The van der Waals surface area contributed by atoms with Gasteiger partial charge in [-0.15, -0.1) is 0 Å². The van der Waals surface area contributed by atoms with E-state index in [1.807, 2.05) is 35.8 Å². The van der Waals surface area contributed by atoms with Crippen molar-refractivity contribution in [3.05, 3.63) is 82.7 Å². The van der Waals surface area contributed by atoms with Crippen molar-refractivity contribution in [2.24, 2.45) is 4.99 Å². The highest BCUT2D eigenvalue weighted by Crippen LogP contribution is 2.32. The van der Waals surface area contributed by atoms with Gasteiger partial charge in [-0.25, -0.2) is 16.8 Å². The van der Waals surface area contributed by atoms with Gasteiger partial charge in [0.15, 0.2) is 14.6 Å². The lowest BCUT2D eigenvalue weighted by Gasteiger charge is -2.30. The van der Waals surface area contributed by atoms with Crippen molar-refractivity contribution in [1.29, 1.82) is 0 Å². The summed E-state index contributed by atoms with van der Waals surface area (Å²) in [6.07, 6.45) is 2.71. The molecular formula is C28H29N3O6S3. The van der Waals surface area contributed by atoms with E-state index in [4.69, 9.17) is 4.74 Å². The van der Waals surface area contributed by atoms with Crippen LogP contribution in [0.4, 0.5) is 5.69 Å². The van der Waals surface area contributed by atoms with Crippen LogP contribution < -0.4 is 9.11 Å². The van der Waals surface area contributed by atoms with Gasteiger partial charge in [0.05, 0.1) is 32.3 Å². The number of carbonyl (C=O) groups excluding carboxylic acids is 1. The van der Waals surface area contributed by atoms with E-state index < -0.39 is 25.8 Å². The number of hydrogen-bond donors (Lipinski definition) is 0. The van der Waals surface area contributed by atoms with Gasteiger partial charge in [0, 0.05) is 31.5 Å². The Kier molecular flexibility index (Phi) is 7.96. The molecule has 0 fully saturated rings. The normalized spacial score (nSPS) is 14.4. The number of anilines is 1. The Bertz CT molecular complexity index is 1860. The minimum atomic E-state index is -3.80. The molecule has 3 aromatic carbocycles. The van der Waals surface area contributed by atoms with E-state index in [9.17, 15) is 21.6 Å². The van der Waals surface area contributed by atoms with Crippen LogP contribution in [0, 0.1) is 0 Å². The maximum absolute atomic E-state index is 13.5. The molecule has 0 radical (unpaired) electrons. The fraction of sp³-hybridized carbons (Fsp3) is 0.286. The number of thiazole rings is 1. The number of sulfone groups is 1. The zero-order valence-corrected chi connectivity index (χ0v) is 24.6. The molecule has 0 N–H and O–H groups in total. The van der Waals surface area contributed by atoms with Crippen LogP contribution in [0.1, 0.15) is 29.3 Å². The Morgan fingerprint density at radius 2 is 1.73 bits per heavy atom. The highest BCUT2D eigenvalue weighted by Gasteiger charge is 2.29. The van der Waals surface area contributed by atoms with Crippen LogP contribution >= 0.6 is 11.3 Å². The number of sulfonamides is 1. The number of rotatable bonds is 8. The van der Waals surface area contributed by atoms with E-state index in [0.717, 1.165) is 30.2 Å². The van der Waals surface area contributed by atoms with Gasteiger partial charge in [-0.2, -0.15) is 4.99 Å². The van der Waals surface area contributed by atoms with E-state index in [-0.39, 0.29) is 15.4 Å². The molecule has 0 saturated heterocycles. The molecule has 0 saturated carbocycles. The van der Waals surface area contributed by atoms with Gasteiger partial charge in [0.1, 0.15) is 0 Å². The zero-order chi connectivity index (χ0) is 28.5. The van der Waals surface area contributed by atoms with Gasteiger partial charge >= 0.3 is 0 Å². The van der Waals surface area contributed by atoms with Gasteiger partial charge in [-0.3, -0.25) is 9.10 Å². The lowest BCUT2D eigenvalue weighted by molar-refractivity contribution is 0.0996. The Hall–Kier alpha value is -3.32. The van der Waals surface area contributed by atoms with Crippen LogP contribution in [0.5, 0.6) is 0 Å². The predicted molar refractivity (Wildman–Crippen MR) is 155 cm³/mol. The predicted octanol–water partition coefficient (Wildman–Crippen LogP) is 4.03. The standard InChI is InChI=1S/C28H29N3O6S3/c1-3-37-18-17-30-25-15-14-23(39(2,33)34)19-26(25)38-28(30)29-27(32)21-10-12-22(13-11-21)40(35,36)31-16-6-8-20-7-4-5-9-24(20)31/h4-5,7,9-15,19H,3,6,8,16-18H2,1-2H3. The Morgan fingerprint density at radius 3 is 2.45 bits per heavy atom. The molecule has 0 aliphatic carbocycles. The number of carbonyl (C=O) groups is 1. The summed E-state index contributed by atoms with van der Waals surface area (Å²) in [7, 11) is -7.21. The highest BCUT2D eigenvalue weighted by molar-refractivity contribution is 7.92. The van der Waals surface area contributed by atoms with Crippen LogP contribution in [0.2, 0.25) is 0 Å². The summed E-state index contributed by atoms with van der Waals surface area (Å²) in [5, 5.41) is 0. The molecule has 5 rings (SSSR count). The van der Waals surface area contributed by atoms with Crippen molar-refractivity contribution >= 4 is 53.0 Å². The minimum absolute atomic E-state index is 0.0997. The maximum Gasteiger partial charge on any atom is 0.279 e. The molecule has 9 nitrogen and oxygen atoms in total. The van der Waals surface area contributed by atoms with E-state index in [1.54, 1.807) is 12.1 Å². The molecular weight excluding hydrogens is 571 g/mol. The van der Waals surface area contributed by atoms with Gasteiger partial charge in [-0.05, 0) is 73.9 Å². The molecule has 0 bridgehead atoms. The van der Waals surface area contributed by atoms with E-state index in [1.165, 1.54) is 46.0 Å².